The molecule has 0 saturated heterocycles. The van der Waals surface area contributed by atoms with Crippen LogP contribution >= 0.6 is 0 Å². The van der Waals surface area contributed by atoms with Crippen molar-refractivity contribution in [2.45, 2.75) is 18.4 Å². The summed E-state index contributed by atoms with van der Waals surface area (Å²) in [6, 6.07) is 21.1. The Morgan fingerprint density at radius 3 is 2.09 bits per heavy atom. The zero-order chi connectivity index (χ0) is 22.6. The summed E-state index contributed by atoms with van der Waals surface area (Å²) in [5.41, 5.74) is 1.33. The maximum atomic E-state index is 15.2. The number of carbonyl (C=O) groups excluding carboxylic acids is 1. The Morgan fingerprint density at radius 2 is 1.45 bits per heavy atom. The first-order chi connectivity index (χ1) is 16.1. The minimum atomic E-state index is -0.853. The molecule has 0 N–H and O–H groups in total. The van der Waals surface area contributed by atoms with E-state index in [1.807, 2.05) is 65.2 Å². The molecule has 4 nitrogen and oxygen atoms in total. The molecular weight excluding hydrogens is 420 g/mol. The van der Waals surface area contributed by atoms with Gasteiger partial charge >= 0.3 is 0 Å². The van der Waals surface area contributed by atoms with Gasteiger partial charge in [0.05, 0.1) is 11.9 Å². The summed E-state index contributed by atoms with van der Waals surface area (Å²) < 4.78 is 32.3. The van der Waals surface area contributed by atoms with Crippen LogP contribution in [0, 0.1) is 23.5 Å². The average Bonchev–Trinajstić information content (AvgIpc) is 3.47. The van der Waals surface area contributed by atoms with Crippen LogP contribution in [-0.2, 0) is 10.3 Å². The zero-order valence-electron chi connectivity index (χ0n) is 17.4. The summed E-state index contributed by atoms with van der Waals surface area (Å²) in [7, 11) is 0. The first-order valence-corrected chi connectivity index (χ1v) is 10.6. The van der Waals surface area contributed by atoms with Crippen LogP contribution in [0.5, 0.6) is 0 Å². The molecule has 1 spiro atoms. The van der Waals surface area contributed by atoms with Crippen LogP contribution in [-0.4, -0.2) is 15.5 Å². The van der Waals surface area contributed by atoms with Crippen LogP contribution in [0.25, 0.3) is 11.3 Å². The zero-order valence-corrected chi connectivity index (χ0v) is 17.4. The molecule has 1 aliphatic carbocycles. The van der Waals surface area contributed by atoms with Crippen molar-refractivity contribution < 1.29 is 13.6 Å². The van der Waals surface area contributed by atoms with Gasteiger partial charge in [-0.3, -0.25) is 9.36 Å². The van der Waals surface area contributed by atoms with Crippen molar-refractivity contribution in [3.05, 3.63) is 102 Å². The highest BCUT2D eigenvalue weighted by Gasteiger charge is 2.62. The third kappa shape index (κ3) is 2.97. The van der Waals surface area contributed by atoms with Crippen molar-refractivity contribution in [1.82, 2.24) is 9.55 Å². The van der Waals surface area contributed by atoms with Crippen LogP contribution in [0.2, 0.25) is 0 Å². The lowest BCUT2D eigenvalue weighted by Gasteiger charge is -2.17. The van der Waals surface area contributed by atoms with Crippen LogP contribution in [0.4, 0.5) is 20.4 Å². The molecule has 1 fully saturated rings. The molecule has 1 amide bonds. The second kappa shape index (κ2) is 7.14. The fraction of sp³-hybridized carbons (Fsp3) is 0.111. The lowest BCUT2D eigenvalue weighted by molar-refractivity contribution is -0.120. The predicted molar refractivity (Wildman–Crippen MR) is 121 cm³/mol. The van der Waals surface area contributed by atoms with Gasteiger partial charge in [-0.05, 0) is 42.7 Å². The number of amides is 1. The number of rotatable bonds is 2. The monoisotopic (exact) mass is 437 g/mol. The highest BCUT2D eigenvalue weighted by atomic mass is 19.1. The SMILES string of the molecule is O=C1N(c2c(F)cc(C#Cc3ccccc3)cc2F)c2ncc(-c3ccccc3)n2C12CC2. The molecule has 4 aromatic rings. The third-order valence-electron chi connectivity index (χ3n) is 6.13. The summed E-state index contributed by atoms with van der Waals surface area (Å²) in [6.45, 7) is 0. The lowest BCUT2D eigenvalue weighted by atomic mass is 10.1. The third-order valence-corrected chi connectivity index (χ3v) is 6.13. The number of benzene rings is 3. The Balaban J connectivity index is 1.44. The van der Waals surface area contributed by atoms with Crippen molar-refractivity contribution in [1.29, 1.82) is 0 Å². The van der Waals surface area contributed by atoms with Gasteiger partial charge < -0.3 is 0 Å². The minimum Gasteiger partial charge on any atom is -0.294 e. The van der Waals surface area contributed by atoms with E-state index >= 15 is 8.78 Å². The van der Waals surface area contributed by atoms with Crippen molar-refractivity contribution in [3.63, 3.8) is 0 Å². The number of halogens is 2. The van der Waals surface area contributed by atoms with Gasteiger partial charge in [0, 0.05) is 11.1 Å². The summed E-state index contributed by atoms with van der Waals surface area (Å²) in [6.07, 6.45) is 2.87. The van der Waals surface area contributed by atoms with Gasteiger partial charge in [-0.25, -0.2) is 18.7 Å². The molecular formula is C27H17F2N3O. The van der Waals surface area contributed by atoms with Crippen LogP contribution in [0.15, 0.2) is 79.0 Å². The van der Waals surface area contributed by atoms with Crippen LogP contribution in [0.3, 0.4) is 0 Å². The second-order valence-electron chi connectivity index (χ2n) is 8.22. The molecule has 0 bridgehead atoms. The number of imidazole rings is 1. The number of hydrogen-bond acceptors (Lipinski definition) is 2. The standard InChI is InChI=1S/C27H17F2N3O/c28-21-15-19(12-11-18-7-3-1-4-8-18)16-22(29)24(21)31-25(33)27(13-14-27)32-23(17-30-26(31)32)20-9-5-2-6-10-20/h1-10,15-17H,13-14H2. The Hall–Kier alpha value is -4.24. The minimum absolute atomic E-state index is 0.193. The Kier molecular flexibility index (Phi) is 4.21. The second-order valence-corrected chi connectivity index (χ2v) is 8.22. The normalized spacial score (nSPS) is 15.3. The van der Waals surface area contributed by atoms with E-state index in [4.69, 9.17) is 0 Å². The number of nitrogens with zero attached hydrogens (tertiary/aromatic N) is 3. The Labute approximate surface area is 189 Å². The molecule has 0 radical (unpaired) electrons. The molecule has 2 aliphatic rings. The smallest absolute Gasteiger partial charge is 0.260 e. The molecule has 6 heteroatoms. The first kappa shape index (κ1) is 19.4. The molecule has 0 atom stereocenters. The molecule has 33 heavy (non-hydrogen) atoms. The highest BCUT2D eigenvalue weighted by molar-refractivity contribution is 6.09. The Bertz CT molecular complexity index is 1440. The number of carbonyl (C=O) groups is 1. The van der Waals surface area contributed by atoms with Gasteiger partial charge in [-0.2, -0.15) is 0 Å². The van der Waals surface area contributed by atoms with E-state index in [0.29, 0.717) is 12.8 Å². The van der Waals surface area contributed by atoms with Crippen molar-refractivity contribution >= 4 is 17.5 Å². The van der Waals surface area contributed by atoms with Gasteiger partial charge in [-0.15, -0.1) is 0 Å². The number of fused-ring (bicyclic) bond motifs is 2. The van der Waals surface area contributed by atoms with E-state index in [-0.39, 0.29) is 17.4 Å². The molecule has 160 valence electrons. The maximum Gasteiger partial charge on any atom is 0.260 e. The molecule has 1 saturated carbocycles. The highest BCUT2D eigenvalue weighted by Crippen LogP contribution is 2.56. The molecule has 1 aliphatic heterocycles. The van der Waals surface area contributed by atoms with Crippen molar-refractivity contribution in [2.24, 2.45) is 0 Å². The van der Waals surface area contributed by atoms with Crippen molar-refractivity contribution in [3.8, 4) is 23.1 Å². The molecule has 2 heterocycles. The maximum absolute atomic E-state index is 15.2. The topological polar surface area (TPSA) is 38.1 Å². The molecule has 3 aromatic carbocycles. The summed E-state index contributed by atoms with van der Waals surface area (Å²) >= 11 is 0. The van der Waals surface area contributed by atoms with Crippen LogP contribution in [0.1, 0.15) is 24.0 Å². The van der Waals surface area contributed by atoms with Gasteiger partial charge in [0.25, 0.3) is 5.91 Å². The quantitative estimate of drug-likeness (QED) is 0.394. The average molecular weight is 437 g/mol. The van der Waals surface area contributed by atoms with E-state index in [1.165, 1.54) is 0 Å². The summed E-state index contributed by atoms with van der Waals surface area (Å²) in [5, 5.41) is 0. The van der Waals surface area contributed by atoms with E-state index in [2.05, 4.69) is 16.8 Å². The van der Waals surface area contributed by atoms with E-state index in [0.717, 1.165) is 33.9 Å². The number of hydrogen-bond donors (Lipinski definition) is 0. The van der Waals surface area contributed by atoms with Gasteiger partial charge in [0.15, 0.2) is 11.6 Å². The summed E-state index contributed by atoms with van der Waals surface area (Å²) in [5.74, 6) is 3.85. The predicted octanol–water partition coefficient (Wildman–Crippen LogP) is 5.40. The molecule has 6 rings (SSSR count). The van der Waals surface area contributed by atoms with E-state index in [9.17, 15) is 4.79 Å². The van der Waals surface area contributed by atoms with Crippen molar-refractivity contribution in [2.75, 3.05) is 4.90 Å². The number of anilines is 2. The van der Waals surface area contributed by atoms with Crippen LogP contribution < -0.4 is 4.90 Å². The molecule has 0 unspecified atom stereocenters. The lowest BCUT2D eigenvalue weighted by Crippen LogP contribution is -2.31. The van der Waals surface area contributed by atoms with Gasteiger partial charge in [0.1, 0.15) is 11.2 Å². The van der Waals surface area contributed by atoms with Gasteiger partial charge in [0.2, 0.25) is 5.95 Å². The summed E-state index contributed by atoms with van der Waals surface area (Å²) in [4.78, 5) is 18.9. The number of aromatic nitrogens is 2. The largest absolute Gasteiger partial charge is 0.294 e. The Morgan fingerprint density at radius 1 is 0.848 bits per heavy atom. The van der Waals surface area contributed by atoms with E-state index in [1.54, 1.807) is 6.20 Å². The fourth-order valence-corrected chi connectivity index (χ4v) is 4.40. The van der Waals surface area contributed by atoms with Gasteiger partial charge in [-0.1, -0.05) is 60.4 Å². The first-order valence-electron chi connectivity index (χ1n) is 10.6. The fourth-order valence-electron chi connectivity index (χ4n) is 4.40. The molecule has 1 aromatic heterocycles. The van der Waals surface area contributed by atoms with E-state index < -0.39 is 22.9 Å².